The molecule has 5 heteroatoms. The van der Waals surface area contributed by atoms with Gasteiger partial charge in [-0.3, -0.25) is 4.40 Å². The molecule has 3 aromatic heterocycles. The molecule has 0 saturated heterocycles. The van der Waals surface area contributed by atoms with Crippen LogP contribution in [-0.2, 0) is 6.54 Å². The second-order valence-corrected chi connectivity index (χ2v) is 6.46. The molecule has 0 saturated carbocycles. The van der Waals surface area contributed by atoms with E-state index in [0.717, 1.165) is 33.4 Å². The summed E-state index contributed by atoms with van der Waals surface area (Å²) in [6, 6.07) is 10.3. The topological polar surface area (TPSA) is 56.5 Å². The molecule has 0 spiro atoms. The maximum atomic E-state index is 6.06. The van der Waals surface area contributed by atoms with Crippen molar-refractivity contribution in [3.8, 4) is 22.7 Å². The Bertz CT molecular complexity index is 979. The SMILES string of the molecule is Cc1ccc(-c2nc3scc(-c4ccco4)n3c2CN)cc1C. The molecule has 1 aromatic carbocycles. The number of nitrogens with zero attached hydrogens (tertiary/aromatic N) is 2. The fraction of sp³-hybridized carbons (Fsp3) is 0.167. The van der Waals surface area contributed by atoms with Crippen LogP contribution in [0.3, 0.4) is 0 Å². The number of nitrogens with two attached hydrogens (primary N) is 1. The molecule has 0 amide bonds. The van der Waals surface area contributed by atoms with Crippen LogP contribution in [0, 0.1) is 13.8 Å². The lowest BCUT2D eigenvalue weighted by Crippen LogP contribution is -2.03. The molecule has 4 rings (SSSR count). The van der Waals surface area contributed by atoms with Gasteiger partial charge in [-0.15, -0.1) is 11.3 Å². The van der Waals surface area contributed by atoms with Gasteiger partial charge in [-0.1, -0.05) is 12.1 Å². The third kappa shape index (κ3) is 2.20. The predicted molar refractivity (Wildman–Crippen MR) is 93.6 cm³/mol. The summed E-state index contributed by atoms with van der Waals surface area (Å²) in [7, 11) is 0. The Morgan fingerprint density at radius 3 is 2.78 bits per heavy atom. The highest BCUT2D eigenvalue weighted by molar-refractivity contribution is 7.15. The number of rotatable bonds is 3. The maximum absolute atomic E-state index is 6.06. The maximum Gasteiger partial charge on any atom is 0.195 e. The van der Waals surface area contributed by atoms with E-state index in [2.05, 4.69) is 41.8 Å². The quantitative estimate of drug-likeness (QED) is 0.608. The van der Waals surface area contributed by atoms with Crippen molar-refractivity contribution >= 4 is 16.3 Å². The van der Waals surface area contributed by atoms with Crippen LogP contribution in [0.4, 0.5) is 0 Å². The van der Waals surface area contributed by atoms with Gasteiger partial charge < -0.3 is 10.2 Å². The van der Waals surface area contributed by atoms with Gasteiger partial charge in [0.25, 0.3) is 0 Å². The molecular weight excluding hydrogens is 306 g/mol. The molecule has 0 aliphatic heterocycles. The zero-order chi connectivity index (χ0) is 16.0. The highest BCUT2D eigenvalue weighted by Gasteiger charge is 2.19. The molecule has 2 N–H and O–H groups in total. The standard InChI is InChI=1S/C18H17N3OS/c1-11-5-6-13(8-12(11)2)17-14(9-19)21-15(10-23-18(21)20-17)16-4-3-7-22-16/h3-8,10H,9,19H2,1-2H3. The number of hydrogen-bond donors (Lipinski definition) is 1. The number of benzene rings is 1. The lowest BCUT2D eigenvalue weighted by molar-refractivity contribution is 0.579. The first-order valence-corrected chi connectivity index (χ1v) is 8.37. The van der Waals surface area contributed by atoms with Gasteiger partial charge in [-0.05, 0) is 43.2 Å². The average Bonchev–Trinajstić information content (AvgIpc) is 3.24. The van der Waals surface area contributed by atoms with Crippen LogP contribution in [0.2, 0.25) is 0 Å². The van der Waals surface area contributed by atoms with E-state index in [1.807, 2.05) is 12.1 Å². The van der Waals surface area contributed by atoms with Crippen LogP contribution in [0.15, 0.2) is 46.4 Å². The first kappa shape index (κ1) is 14.2. The highest BCUT2D eigenvalue weighted by Crippen LogP contribution is 2.33. The number of fused-ring (bicyclic) bond motifs is 1. The highest BCUT2D eigenvalue weighted by atomic mass is 32.1. The Balaban J connectivity index is 1.96. The summed E-state index contributed by atoms with van der Waals surface area (Å²) in [4.78, 5) is 5.75. The normalized spacial score (nSPS) is 11.4. The smallest absolute Gasteiger partial charge is 0.195 e. The first-order chi connectivity index (χ1) is 11.2. The lowest BCUT2D eigenvalue weighted by Gasteiger charge is -2.06. The number of aryl methyl sites for hydroxylation is 2. The monoisotopic (exact) mass is 323 g/mol. The van der Waals surface area contributed by atoms with E-state index >= 15 is 0 Å². The van der Waals surface area contributed by atoms with Crippen LogP contribution in [0.5, 0.6) is 0 Å². The van der Waals surface area contributed by atoms with Crippen molar-refractivity contribution in [3.63, 3.8) is 0 Å². The predicted octanol–water partition coefficient (Wildman–Crippen LogP) is 4.40. The average molecular weight is 323 g/mol. The molecule has 116 valence electrons. The second-order valence-electron chi connectivity index (χ2n) is 5.63. The van der Waals surface area contributed by atoms with Gasteiger partial charge in [-0.25, -0.2) is 4.98 Å². The molecule has 0 aliphatic carbocycles. The first-order valence-electron chi connectivity index (χ1n) is 7.49. The van der Waals surface area contributed by atoms with Gasteiger partial charge in [0.1, 0.15) is 5.69 Å². The Morgan fingerprint density at radius 2 is 2.09 bits per heavy atom. The van der Waals surface area contributed by atoms with Crippen LogP contribution >= 0.6 is 11.3 Å². The van der Waals surface area contributed by atoms with Crippen LogP contribution in [0.1, 0.15) is 16.8 Å². The van der Waals surface area contributed by atoms with Gasteiger partial charge in [0.2, 0.25) is 0 Å². The van der Waals surface area contributed by atoms with Crippen LogP contribution in [0.25, 0.3) is 27.7 Å². The molecule has 0 aliphatic rings. The summed E-state index contributed by atoms with van der Waals surface area (Å²) in [6.07, 6.45) is 1.68. The van der Waals surface area contributed by atoms with E-state index in [-0.39, 0.29) is 0 Å². The Hall–Kier alpha value is -2.37. The number of furan rings is 1. The zero-order valence-corrected chi connectivity index (χ0v) is 13.9. The minimum Gasteiger partial charge on any atom is -0.463 e. The number of thiazole rings is 1. The van der Waals surface area contributed by atoms with E-state index in [1.165, 1.54) is 11.1 Å². The van der Waals surface area contributed by atoms with Crippen molar-refractivity contribution < 1.29 is 4.42 Å². The van der Waals surface area contributed by atoms with E-state index < -0.39 is 0 Å². The number of imidazole rings is 1. The Kier molecular flexibility index (Phi) is 3.32. The summed E-state index contributed by atoms with van der Waals surface area (Å²) in [5, 5.41) is 2.06. The van der Waals surface area contributed by atoms with Crippen molar-refractivity contribution in [2.75, 3.05) is 0 Å². The summed E-state index contributed by atoms with van der Waals surface area (Å²) >= 11 is 1.60. The third-order valence-electron chi connectivity index (χ3n) is 4.21. The van der Waals surface area contributed by atoms with Crippen molar-refractivity contribution in [1.29, 1.82) is 0 Å². The fourth-order valence-corrected chi connectivity index (χ4v) is 3.72. The number of hydrogen-bond acceptors (Lipinski definition) is 4. The Morgan fingerprint density at radius 1 is 1.22 bits per heavy atom. The molecule has 3 heterocycles. The molecule has 0 unspecified atom stereocenters. The molecule has 0 atom stereocenters. The van der Waals surface area contributed by atoms with Crippen molar-refractivity contribution in [2.45, 2.75) is 20.4 Å². The molecule has 0 bridgehead atoms. The fourth-order valence-electron chi connectivity index (χ4n) is 2.82. The summed E-state index contributed by atoms with van der Waals surface area (Å²) < 4.78 is 7.66. The summed E-state index contributed by atoms with van der Waals surface area (Å²) in [5.41, 5.74) is 12.7. The van der Waals surface area contributed by atoms with Gasteiger partial charge in [0.05, 0.1) is 17.7 Å². The van der Waals surface area contributed by atoms with Crippen molar-refractivity contribution in [1.82, 2.24) is 9.38 Å². The van der Waals surface area contributed by atoms with Crippen molar-refractivity contribution in [3.05, 3.63) is 58.8 Å². The molecule has 4 aromatic rings. The third-order valence-corrected chi connectivity index (χ3v) is 5.03. The number of aromatic nitrogens is 2. The van der Waals surface area contributed by atoms with Gasteiger partial charge in [-0.2, -0.15) is 0 Å². The molecule has 0 fully saturated rings. The minimum absolute atomic E-state index is 0.424. The molecule has 4 nitrogen and oxygen atoms in total. The molecule has 0 radical (unpaired) electrons. The van der Waals surface area contributed by atoms with Crippen LogP contribution in [-0.4, -0.2) is 9.38 Å². The summed E-state index contributed by atoms with van der Waals surface area (Å²) in [5.74, 6) is 0.829. The van der Waals surface area contributed by atoms with Crippen molar-refractivity contribution in [2.24, 2.45) is 5.73 Å². The van der Waals surface area contributed by atoms with Gasteiger partial charge >= 0.3 is 0 Å². The largest absolute Gasteiger partial charge is 0.463 e. The second kappa shape index (κ2) is 5.37. The molecular formula is C18H17N3OS. The van der Waals surface area contributed by atoms with E-state index in [1.54, 1.807) is 17.6 Å². The van der Waals surface area contributed by atoms with E-state index in [4.69, 9.17) is 15.1 Å². The van der Waals surface area contributed by atoms with Gasteiger partial charge in [0, 0.05) is 17.5 Å². The summed E-state index contributed by atoms with van der Waals surface area (Å²) in [6.45, 7) is 4.66. The molecule has 23 heavy (non-hydrogen) atoms. The van der Waals surface area contributed by atoms with Crippen LogP contribution < -0.4 is 5.73 Å². The lowest BCUT2D eigenvalue weighted by atomic mass is 10.0. The Labute approximate surface area is 138 Å². The van der Waals surface area contributed by atoms with Gasteiger partial charge in [0.15, 0.2) is 10.7 Å². The zero-order valence-electron chi connectivity index (χ0n) is 13.0. The minimum atomic E-state index is 0.424. The van der Waals surface area contributed by atoms with E-state index in [9.17, 15) is 0 Å². The van der Waals surface area contributed by atoms with E-state index in [0.29, 0.717) is 6.54 Å².